The maximum absolute atomic E-state index is 4.82. The summed E-state index contributed by atoms with van der Waals surface area (Å²) in [5.74, 6) is 0. The normalized spacial score (nSPS) is 13.2. The average molecular weight is 370 g/mol. The van der Waals surface area contributed by atoms with Crippen LogP contribution in [0.3, 0.4) is 0 Å². The van der Waals surface area contributed by atoms with Gasteiger partial charge in [0.2, 0.25) is 0 Å². The summed E-state index contributed by atoms with van der Waals surface area (Å²) in [6.45, 7) is 9.16. The highest BCUT2D eigenvalue weighted by molar-refractivity contribution is 7.99. The third kappa shape index (κ3) is 2.74. The molecule has 134 valence electrons. The quantitative estimate of drug-likeness (QED) is 0.305. The van der Waals surface area contributed by atoms with Gasteiger partial charge >= 0.3 is 0 Å². The lowest BCUT2D eigenvalue weighted by Crippen LogP contribution is -2.09. The Hall–Kier alpha value is -2.32. The molecule has 0 amide bonds. The summed E-state index contributed by atoms with van der Waals surface area (Å²) in [4.78, 5) is 7.52. The maximum Gasteiger partial charge on any atom is 0.0803 e. The summed E-state index contributed by atoms with van der Waals surface area (Å²) >= 11 is 1.92. The smallest absolute Gasteiger partial charge is 0.0803 e. The fraction of sp³-hybridized carbons (Fsp3) is 0.240. The summed E-state index contributed by atoms with van der Waals surface area (Å²) in [5.41, 5.74) is 5.46. The highest BCUT2D eigenvalue weighted by Gasteiger charge is 2.24. The van der Waals surface area contributed by atoms with E-state index >= 15 is 0 Å². The molecule has 0 fully saturated rings. The number of aromatic nitrogens is 1. The number of hydrogen-bond acceptors (Lipinski definition) is 2. The van der Waals surface area contributed by atoms with Crippen LogP contribution >= 0.6 is 11.8 Å². The lowest BCUT2D eigenvalue weighted by molar-refractivity contribution is 0.411. The summed E-state index contributed by atoms with van der Waals surface area (Å²) in [5, 5.41) is 5.24. The van der Waals surface area contributed by atoms with Crippen molar-refractivity contribution < 1.29 is 0 Å². The van der Waals surface area contributed by atoms with Crippen LogP contribution in [0.25, 0.3) is 32.8 Å². The molecule has 2 heterocycles. The van der Waals surface area contributed by atoms with E-state index in [2.05, 4.69) is 76.2 Å². The predicted molar refractivity (Wildman–Crippen MR) is 117 cm³/mol. The largest absolute Gasteiger partial charge is 0.256 e. The van der Waals surface area contributed by atoms with E-state index in [1.807, 2.05) is 18.0 Å². The molecule has 0 aliphatic carbocycles. The second kappa shape index (κ2) is 5.84. The standard InChI is InChI=1S/C25H23NS/c1-15-19-8-6-5-7-17(19)13-20-23-22-18(9-10-26-23)11-16(14-25(2,3)4)12-21(22)27-24(15)20/h5-13H,14H2,1-4H3. The van der Waals surface area contributed by atoms with Crippen LogP contribution in [0.5, 0.6) is 0 Å². The highest BCUT2D eigenvalue weighted by atomic mass is 32.2. The minimum atomic E-state index is 0.277. The number of rotatable bonds is 1. The van der Waals surface area contributed by atoms with E-state index in [4.69, 9.17) is 4.98 Å². The molecule has 0 spiro atoms. The molecule has 0 N–H and O–H groups in total. The molecule has 0 saturated heterocycles. The topological polar surface area (TPSA) is 12.9 Å². The molecule has 27 heavy (non-hydrogen) atoms. The molecule has 1 aliphatic heterocycles. The van der Waals surface area contributed by atoms with E-state index in [0.717, 1.165) is 12.1 Å². The molecule has 1 aromatic heterocycles. The van der Waals surface area contributed by atoms with Crippen LogP contribution < -0.4 is 0 Å². The molecule has 0 bridgehead atoms. The zero-order valence-electron chi connectivity index (χ0n) is 16.3. The molecule has 2 heteroatoms. The van der Waals surface area contributed by atoms with E-state index in [1.165, 1.54) is 48.0 Å². The monoisotopic (exact) mass is 369 g/mol. The van der Waals surface area contributed by atoms with Gasteiger partial charge in [-0.3, -0.25) is 4.98 Å². The molecule has 3 aromatic carbocycles. The van der Waals surface area contributed by atoms with E-state index in [9.17, 15) is 0 Å². The zero-order valence-corrected chi connectivity index (χ0v) is 17.1. The molecule has 0 radical (unpaired) electrons. The van der Waals surface area contributed by atoms with Crippen LogP contribution in [0.1, 0.15) is 31.9 Å². The van der Waals surface area contributed by atoms with E-state index in [0.29, 0.717) is 0 Å². The molecule has 0 unspecified atom stereocenters. The first kappa shape index (κ1) is 16.8. The lowest BCUT2D eigenvalue weighted by Gasteiger charge is -2.24. The third-order valence-corrected chi connectivity index (χ3v) is 6.61. The van der Waals surface area contributed by atoms with Crippen molar-refractivity contribution in [1.29, 1.82) is 0 Å². The van der Waals surface area contributed by atoms with Crippen LogP contribution in [-0.4, -0.2) is 4.98 Å². The zero-order chi connectivity index (χ0) is 18.8. The average Bonchev–Trinajstić information content (AvgIpc) is 2.62. The third-order valence-electron chi connectivity index (χ3n) is 5.34. The van der Waals surface area contributed by atoms with Crippen LogP contribution in [0.15, 0.2) is 64.5 Å². The minimum absolute atomic E-state index is 0.277. The fourth-order valence-corrected chi connectivity index (χ4v) is 5.54. The molecule has 1 aliphatic rings. The molecule has 0 saturated carbocycles. The second-order valence-electron chi connectivity index (χ2n) is 8.79. The lowest BCUT2D eigenvalue weighted by atomic mass is 9.87. The van der Waals surface area contributed by atoms with Crippen molar-refractivity contribution in [3.05, 3.63) is 65.9 Å². The van der Waals surface area contributed by atoms with Crippen molar-refractivity contribution in [2.24, 2.45) is 5.41 Å². The summed E-state index contributed by atoms with van der Waals surface area (Å²) in [6, 6.07) is 17.9. The maximum atomic E-state index is 4.82. The summed E-state index contributed by atoms with van der Waals surface area (Å²) in [6.07, 6.45) is 3.05. The van der Waals surface area contributed by atoms with Gasteiger partial charge in [0, 0.05) is 26.9 Å². The Kier molecular flexibility index (Phi) is 3.64. The summed E-state index contributed by atoms with van der Waals surface area (Å²) < 4.78 is 0. The molecule has 5 rings (SSSR count). The Morgan fingerprint density at radius 3 is 2.59 bits per heavy atom. The van der Waals surface area contributed by atoms with Gasteiger partial charge in [-0.25, -0.2) is 0 Å². The van der Waals surface area contributed by atoms with Gasteiger partial charge in [0.1, 0.15) is 0 Å². The van der Waals surface area contributed by atoms with Crippen LogP contribution in [0.4, 0.5) is 0 Å². The van der Waals surface area contributed by atoms with Gasteiger partial charge in [0.25, 0.3) is 0 Å². The van der Waals surface area contributed by atoms with Crippen LogP contribution in [-0.2, 0) is 6.42 Å². The Balaban J connectivity index is 1.81. The van der Waals surface area contributed by atoms with Gasteiger partial charge < -0.3 is 0 Å². The minimum Gasteiger partial charge on any atom is -0.256 e. The van der Waals surface area contributed by atoms with Gasteiger partial charge in [-0.15, -0.1) is 0 Å². The number of pyridine rings is 1. The van der Waals surface area contributed by atoms with Crippen molar-refractivity contribution in [1.82, 2.24) is 4.98 Å². The van der Waals surface area contributed by atoms with Crippen molar-refractivity contribution in [3.8, 4) is 11.3 Å². The van der Waals surface area contributed by atoms with E-state index < -0.39 is 0 Å². The first-order valence-corrected chi connectivity index (χ1v) is 10.3. The van der Waals surface area contributed by atoms with Crippen molar-refractivity contribution in [2.75, 3.05) is 0 Å². The number of fused-ring (bicyclic) bond motifs is 3. The first-order valence-electron chi connectivity index (χ1n) is 9.53. The number of nitrogens with zero attached hydrogens (tertiary/aromatic N) is 1. The molecular weight excluding hydrogens is 346 g/mol. The van der Waals surface area contributed by atoms with E-state index in [1.54, 1.807) is 0 Å². The summed E-state index contributed by atoms with van der Waals surface area (Å²) in [7, 11) is 0. The van der Waals surface area contributed by atoms with Crippen molar-refractivity contribution >= 4 is 33.3 Å². The second-order valence-corrected chi connectivity index (χ2v) is 9.84. The first-order chi connectivity index (χ1) is 12.9. The SMILES string of the molecule is Cc1c2c(cc3ccccc13)-c1nccc3cc(CC(C)(C)C)cc(c13)S2. The fourth-order valence-electron chi connectivity index (χ4n) is 4.26. The highest BCUT2D eigenvalue weighted by Crippen LogP contribution is 2.50. The van der Waals surface area contributed by atoms with Gasteiger partial charge in [-0.05, 0) is 64.2 Å². The van der Waals surface area contributed by atoms with E-state index in [-0.39, 0.29) is 5.41 Å². The number of aryl methyl sites for hydroxylation is 1. The van der Waals surface area contributed by atoms with Crippen molar-refractivity contribution in [2.45, 2.75) is 43.9 Å². The molecule has 0 atom stereocenters. The predicted octanol–water partition coefficient (Wildman–Crippen LogP) is 7.42. The van der Waals surface area contributed by atoms with Gasteiger partial charge in [-0.1, -0.05) is 62.9 Å². The Bertz CT molecular complexity index is 1210. The van der Waals surface area contributed by atoms with Crippen LogP contribution in [0, 0.1) is 12.3 Å². The van der Waals surface area contributed by atoms with Crippen LogP contribution in [0.2, 0.25) is 0 Å². The van der Waals surface area contributed by atoms with Gasteiger partial charge in [0.15, 0.2) is 0 Å². The Labute approximate surface area is 164 Å². The van der Waals surface area contributed by atoms with Gasteiger partial charge in [0.05, 0.1) is 5.69 Å². The molecule has 1 nitrogen and oxygen atoms in total. The Morgan fingerprint density at radius 1 is 0.963 bits per heavy atom. The Morgan fingerprint density at radius 2 is 1.78 bits per heavy atom. The number of hydrogen-bond donors (Lipinski definition) is 0. The van der Waals surface area contributed by atoms with Gasteiger partial charge in [-0.2, -0.15) is 0 Å². The molecule has 4 aromatic rings. The number of benzene rings is 3. The molecular formula is C25H23NS. The van der Waals surface area contributed by atoms with Crippen molar-refractivity contribution in [3.63, 3.8) is 0 Å².